The molecule has 7 nitrogen and oxygen atoms in total. The molecule has 1 aromatic rings. The van der Waals surface area contributed by atoms with Gasteiger partial charge in [-0.2, -0.15) is 0 Å². The first kappa shape index (κ1) is 18.4. The summed E-state index contributed by atoms with van der Waals surface area (Å²) < 4.78 is 15.7. The second-order valence-electron chi connectivity index (χ2n) is 6.63. The molecule has 1 saturated heterocycles. The Morgan fingerprint density at radius 3 is 2.15 bits per heavy atom. The van der Waals surface area contributed by atoms with E-state index in [1.165, 1.54) is 0 Å². The van der Waals surface area contributed by atoms with E-state index in [9.17, 15) is 9.59 Å². The normalized spacial score (nSPS) is 18.3. The Kier molecular flexibility index (Phi) is 5.25. The number of hydrogen-bond acceptors (Lipinski definition) is 5. The lowest BCUT2D eigenvalue weighted by atomic mass is 9.93. The summed E-state index contributed by atoms with van der Waals surface area (Å²) in [5.41, 5.74) is 0.499. The van der Waals surface area contributed by atoms with Gasteiger partial charge in [0.2, 0.25) is 5.91 Å². The van der Waals surface area contributed by atoms with E-state index in [0.29, 0.717) is 44.3 Å². The molecule has 0 aromatic heterocycles. The number of carbonyl (C=O) groups is 2. The number of rotatable bonds is 5. The van der Waals surface area contributed by atoms with E-state index < -0.39 is 5.41 Å². The maximum Gasteiger partial charge on any atom is 0.409 e. The molecule has 1 aliphatic carbocycles. The van der Waals surface area contributed by atoms with Crippen LogP contribution in [-0.2, 0) is 14.9 Å². The maximum atomic E-state index is 13.2. The van der Waals surface area contributed by atoms with Crippen molar-refractivity contribution in [1.82, 2.24) is 9.80 Å². The summed E-state index contributed by atoms with van der Waals surface area (Å²) in [6.07, 6.45) is 1.36. The van der Waals surface area contributed by atoms with Gasteiger partial charge >= 0.3 is 6.09 Å². The minimum absolute atomic E-state index is 0.133. The lowest BCUT2D eigenvalue weighted by molar-refractivity contribution is -0.135. The summed E-state index contributed by atoms with van der Waals surface area (Å²) in [5.74, 6) is 1.42. The Labute approximate surface area is 153 Å². The predicted molar refractivity (Wildman–Crippen MR) is 95.6 cm³/mol. The van der Waals surface area contributed by atoms with Crippen molar-refractivity contribution in [3.63, 3.8) is 0 Å². The van der Waals surface area contributed by atoms with E-state index in [4.69, 9.17) is 14.2 Å². The van der Waals surface area contributed by atoms with Crippen molar-refractivity contribution in [2.75, 3.05) is 47.0 Å². The molecule has 2 aliphatic rings. The number of amides is 2. The van der Waals surface area contributed by atoms with Gasteiger partial charge in [0.05, 0.1) is 26.2 Å². The van der Waals surface area contributed by atoms with Crippen molar-refractivity contribution in [3.05, 3.63) is 23.8 Å². The molecule has 1 aliphatic heterocycles. The van der Waals surface area contributed by atoms with Gasteiger partial charge in [0.15, 0.2) is 11.5 Å². The van der Waals surface area contributed by atoms with Crippen LogP contribution in [0.3, 0.4) is 0 Å². The summed E-state index contributed by atoms with van der Waals surface area (Å²) >= 11 is 0. The van der Waals surface area contributed by atoms with Crippen LogP contribution in [0.1, 0.15) is 25.3 Å². The summed E-state index contributed by atoms with van der Waals surface area (Å²) in [6.45, 7) is 4.23. The molecular weight excluding hydrogens is 336 g/mol. The molecule has 1 aromatic carbocycles. The average Bonchev–Trinajstić information content (AvgIpc) is 3.49. The topological polar surface area (TPSA) is 68.3 Å². The van der Waals surface area contributed by atoms with Crippen LogP contribution >= 0.6 is 0 Å². The van der Waals surface area contributed by atoms with Crippen molar-refractivity contribution in [2.24, 2.45) is 0 Å². The first-order chi connectivity index (χ1) is 12.6. The van der Waals surface area contributed by atoms with Gasteiger partial charge < -0.3 is 24.0 Å². The number of benzene rings is 1. The Hall–Kier alpha value is -2.44. The largest absolute Gasteiger partial charge is 0.493 e. The van der Waals surface area contributed by atoms with Crippen LogP contribution in [0.25, 0.3) is 0 Å². The van der Waals surface area contributed by atoms with Gasteiger partial charge in [-0.3, -0.25) is 4.79 Å². The fourth-order valence-electron chi connectivity index (χ4n) is 3.49. The van der Waals surface area contributed by atoms with Crippen LogP contribution in [0.2, 0.25) is 0 Å². The zero-order chi connectivity index (χ0) is 18.7. The Morgan fingerprint density at radius 1 is 1.00 bits per heavy atom. The van der Waals surface area contributed by atoms with Gasteiger partial charge in [0.1, 0.15) is 0 Å². The van der Waals surface area contributed by atoms with E-state index in [1.54, 1.807) is 26.0 Å². The SMILES string of the molecule is CCOC(=O)N1CCN(C(=O)C2(c3ccc(OC)c(OC)c3)CC2)CC1. The highest BCUT2D eigenvalue weighted by Gasteiger charge is 2.53. The standard InChI is InChI=1S/C19H26N2O5/c1-4-26-18(23)21-11-9-20(10-12-21)17(22)19(7-8-19)14-5-6-15(24-2)16(13-14)25-3/h5-6,13H,4,7-12H2,1-3H3. The van der Waals surface area contributed by atoms with Crippen LogP contribution in [-0.4, -0.2) is 68.8 Å². The molecule has 0 atom stereocenters. The highest BCUT2D eigenvalue weighted by molar-refractivity contribution is 5.91. The highest BCUT2D eigenvalue weighted by atomic mass is 16.6. The van der Waals surface area contributed by atoms with Crippen molar-refractivity contribution in [1.29, 1.82) is 0 Å². The molecule has 0 bridgehead atoms. The molecule has 1 saturated carbocycles. The number of piperazine rings is 1. The van der Waals surface area contributed by atoms with E-state index in [2.05, 4.69) is 0 Å². The Morgan fingerprint density at radius 2 is 1.62 bits per heavy atom. The Bertz CT molecular complexity index is 679. The zero-order valence-corrected chi connectivity index (χ0v) is 15.6. The van der Waals surface area contributed by atoms with Crippen LogP contribution < -0.4 is 9.47 Å². The molecule has 0 spiro atoms. The molecule has 2 amide bonds. The van der Waals surface area contributed by atoms with Crippen LogP contribution in [0, 0.1) is 0 Å². The molecule has 0 N–H and O–H groups in total. The quantitative estimate of drug-likeness (QED) is 0.802. The van der Waals surface area contributed by atoms with Crippen LogP contribution in [0.4, 0.5) is 4.79 Å². The van der Waals surface area contributed by atoms with Gasteiger partial charge in [0, 0.05) is 26.2 Å². The molecular formula is C19H26N2O5. The lowest BCUT2D eigenvalue weighted by Gasteiger charge is -2.36. The molecule has 1 heterocycles. The fraction of sp³-hybridized carbons (Fsp3) is 0.579. The van der Waals surface area contributed by atoms with E-state index >= 15 is 0 Å². The second kappa shape index (κ2) is 7.43. The molecule has 142 valence electrons. The van der Waals surface area contributed by atoms with Crippen molar-refractivity contribution < 1.29 is 23.8 Å². The summed E-state index contributed by atoms with van der Waals surface area (Å²) in [5, 5.41) is 0. The van der Waals surface area contributed by atoms with Crippen LogP contribution in [0.15, 0.2) is 18.2 Å². The molecule has 7 heteroatoms. The third kappa shape index (κ3) is 3.30. The fourth-order valence-corrected chi connectivity index (χ4v) is 3.49. The molecule has 3 rings (SSSR count). The third-order valence-electron chi connectivity index (χ3n) is 5.19. The third-order valence-corrected chi connectivity index (χ3v) is 5.19. The first-order valence-corrected chi connectivity index (χ1v) is 8.99. The predicted octanol–water partition coefficient (Wildman–Crippen LogP) is 2.04. The number of hydrogen-bond donors (Lipinski definition) is 0. The first-order valence-electron chi connectivity index (χ1n) is 8.99. The zero-order valence-electron chi connectivity index (χ0n) is 15.6. The lowest BCUT2D eigenvalue weighted by Crippen LogP contribution is -2.53. The summed E-state index contributed by atoms with van der Waals surface area (Å²) in [4.78, 5) is 28.5. The van der Waals surface area contributed by atoms with E-state index in [1.807, 2.05) is 23.1 Å². The van der Waals surface area contributed by atoms with E-state index in [0.717, 1.165) is 18.4 Å². The minimum atomic E-state index is -0.467. The second-order valence-corrected chi connectivity index (χ2v) is 6.63. The van der Waals surface area contributed by atoms with Crippen LogP contribution in [0.5, 0.6) is 11.5 Å². The maximum absolute atomic E-state index is 13.2. The van der Waals surface area contributed by atoms with Gasteiger partial charge in [-0.1, -0.05) is 6.07 Å². The van der Waals surface area contributed by atoms with Gasteiger partial charge in [-0.15, -0.1) is 0 Å². The molecule has 0 unspecified atom stereocenters. The molecule has 26 heavy (non-hydrogen) atoms. The van der Waals surface area contributed by atoms with Crippen molar-refractivity contribution >= 4 is 12.0 Å². The number of ether oxygens (including phenoxy) is 3. The van der Waals surface area contributed by atoms with Gasteiger partial charge in [-0.05, 0) is 37.5 Å². The van der Waals surface area contributed by atoms with Crippen molar-refractivity contribution in [3.8, 4) is 11.5 Å². The number of carbonyl (C=O) groups excluding carboxylic acids is 2. The highest BCUT2D eigenvalue weighted by Crippen LogP contribution is 2.51. The van der Waals surface area contributed by atoms with Crippen molar-refractivity contribution in [2.45, 2.75) is 25.2 Å². The van der Waals surface area contributed by atoms with E-state index in [-0.39, 0.29) is 12.0 Å². The monoisotopic (exact) mass is 362 g/mol. The summed E-state index contributed by atoms with van der Waals surface area (Å²) in [6, 6.07) is 5.69. The average molecular weight is 362 g/mol. The molecule has 2 fully saturated rings. The minimum Gasteiger partial charge on any atom is -0.493 e. The summed E-state index contributed by atoms with van der Waals surface area (Å²) in [7, 11) is 3.19. The Balaban J connectivity index is 1.69. The number of nitrogens with zero attached hydrogens (tertiary/aromatic N) is 2. The van der Waals surface area contributed by atoms with Gasteiger partial charge in [0.25, 0.3) is 0 Å². The smallest absolute Gasteiger partial charge is 0.409 e. The number of methoxy groups -OCH3 is 2. The molecule has 0 radical (unpaired) electrons. The van der Waals surface area contributed by atoms with Gasteiger partial charge in [-0.25, -0.2) is 4.79 Å².